The second kappa shape index (κ2) is 9.07. The van der Waals surface area contributed by atoms with E-state index in [2.05, 4.69) is 28.0 Å². The highest BCUT2D eigenvalue weighted by Crippen LogP contribution is 2.35. The molecular formula is C24H25Cl2N3OS. The molecule has 0 atom stereocenters. The molecule has 5 rings (SSSR count). The Morgan fingerprint density at radius 2 is 1.65 bits per heavy atom. The van der Waals surface area contributed by atoms with Crippen LogP contribution in [0.15, 0.2) is 47.4 Å². The zero-order valence-electron chi connectivity index (χ0n) is 17.3. The average Bonchev–Trinajstić information content (AvgIpc) is 3.61. The Morgan fingerprint density at radius 1 is 0.935 bits per heavy atom. The largest absolute Gasteiger partial charge is 0.368 e. The van der Waals surface area contributed by atoms with Gasteiger partial charge in [-0.2, -0.15) is 0 Å². The van der Waals surface area contributed by atoms with E-state index in [0.717, 1.165) is 54.1 Å². The number of rotatable bonds is 4. The Morgan fingerprint density at radius 3 is 2.35 bits per heavy atom. The summed E-state index contributed by atoms with van der Waals surface area (Å²) in [4.78, 5) is 20.9. The number of para-hydroxylation sites is 1. The van der Waals surface area contributed by atoms with Crippen molar-refractivity contribution in [2.24, 2.45) is 0 Å². The SMILES string of the molecule is O=C1C(=Cc2ccccc2N2CCN(C3CC3)CC2)SCCN1c1cc(Cl)cc(Cl)c1. The van der Waals surface area contributed by atoms with Gasteiger partial charge in [0, 0.05) is 65.9 Å². The third kappa shape index (κ3) is 4.75. The van der Waals surface area contributed by atoms with E-state index in [1.807, 2.05) is 12.1 Å². The first-order valence-corrected chi connectivity index (χ1v) is 12.5. The Bertz CT molecular complexity index is 995. The quantitative estimate of drug-likeness (QED) is 0.555. The molecule has 0 spiro atoms. The lowest BCUT2D eigenvalue weighted by atomic mass is 10.1. The molecule has 2 aromatic carbocycles. The maximum absolute atomic E-state index is 13.3. The molecule has 1 aliphatic carbocycles. The van der Waals surface area contributed by atoms with E-state index in [-0.39, 0.29) is 5.91 Å². The first-order chi connectivity index (χ1) is 15.1. The van der Waals surface area contributed by atoms with Gasteiger partial charge in [0.15, 0.2) is 0 Å². The Hall–Kier alpha value is -1.66. The van der Waals surface area contributed by atoms with E-state index in [1.165, 1.54) is 18.5 Å². The Labute approximate surface area is 197 Å². The van der Waals surface area contributed by atoms with Crippen LogP contribution in [0.5, 0.6) is 0 Å². The second-order valence-corrected chi connectivity index (χ2v) is 10.3. The standard InChI is InChI=1S/C24H25Cl2N3OS/c25-18-14-19(26)16-21(15-18)29-11-12-31-23(24(29)30)13-17-3-1-2-4-22(17)28-9-7-27(8-10-28)20-5-6-20/h1-4,13-16,20H,5-12H2. The second-order valence-electron chi connectivity index (χ2n) is 8.25. The molecule has 0 N–H and O–H groups in total. The number of anilines is 2. The van der Waals surface area contributed by atoms with Crippen LogP contribution < -0.4 is 9.80 Å². The number of hydrogen-bond acceptors (Lipinski definition) is 4. The molecule has 2 saturated heterocycles. The van der Waals surface area contributed by atoms with Crippen LogP contribution in [0, 0.1) is 0 Å². The van der Waals surface area contributed by atoms with Crippen molar-refractivity contribution < 1.29 is 4.79 Å². The van der Waals surface area contributed by atoms with Crippen LogP contribution >= 0.6 is 35.0 Å². The zero-order valence-corrected chi connectivity index (χ0v) is 19.6. The van der Waals surface area contributed by atoms with Crippen LogP contribution in [0.1, 0.15) is 18.4 Å². The molecule has 4 nitrogen and oxygen atoms in total. The first kappa shape index (κ1) is 21.2. The van der Waals surface area contributed by atoms with Crippen molar-refractivity contribution >= 4 is 58.3 Å². The van der Waals surface area contributed by atoms with Crippen molar-refractivity contribution in [3.8, 4) is 0 Å². The first-order valence-electron chi connectivity index (χ1n) is 10.8. The van der Waals surface area contributed by atoms with Gasteiger partial charge in [0.2, 0.25) is 0 Å². The summed E-state index contributed by atoms with van der Waals surface area (Å²) in [6.07, 6.45) is 4.76. The average molecular weight is 474 g/mol. The van der Waals surface area contributed by atoms with Crippen molar-refractivity contribution in [2.75, 3.05) is 48.3 Å². The summed E-state index contributed by atoms with van der Waals surface area (Å²) in [7, 11) is 0. The van der Waals surface area contributed by atoms with E-state index in [4.69, 9.17) is 23.2 Å². The van der Waals surface area contributed by atoms with Crippen molar-refractivity contribution in [1.82, 2.24) is 4.90 Å². The molecule has 3 fully saturated rings. The Kier molecular flexibility index (Phi) is 6.20. The normalized spacial score (nSPS) is 21.7. The van der Waals surface area contributed by atoms with E-state index in [9.17, 15) is 4.79 Å². The molecule has 0 radical (unpaired) electrons. The lowest BCUT2D eigenvalue weighted by Crippen LogP contribution is -2.47. The number of benzene rings is 2. The van der Waals surface area contributed by atoms with Gasteiger partial charge in [-0.25, -0.2) is 0 Å². The zero-order chi connectivity index (χ0) is 21.4. The van der Waals surface area contributed by atoms with Gasteiger partial charge >= 0.3 is 0 Å². The molecule has 1 amide bonds. The van der Waals surface area contributed by atoms with Crippen LogP contribution in [-0.4, -0.2) is 55.3 Å². The van der Waals surface area contributed by atoms with Gasteiger partial charge in [-0.1, -0.05) is 41.4 Å². The minimum absolute atomic E-state index is 0.00272. The monoisotopic (exact) mass is 473 g/mol. The molecule has 0 aromatic heterocycles. The van der Waals surface area contributed by atoms with Crippen molar-refractivity contribution in [3.05, 3.63) is 63.0 Å². The number of amides is 1. The minimum atomic E-state index is 0.00272. The third-order valence-corrected chi connectivity index (χ3v) is 7.56. The van der Waals surface area contributed by atoms with Gasteiger partial charge in [-0.3, -0.25) is 9.69 Å². The maximum atomic E-state index is 13.3. The third-order valence-electron chi connectivity index (χ3n) is 6.13. The van der Waals surface area contributed by atoms with Crippen LogP contribution in [0.3, 0.4) is 0 Å². The number of halogens is 2. The van der Waals surface area contributed by atoms with Gasteiger partial charge in [0.25, 0.3) is 5.91 Å². The number of piperazine rings is 1. The van der Waals surface area contributed by atoms with E-state index in [1.54, 1.807) is 34.9 Å². The van der Waals surface area contributed by atoms with Gasteiger partial charge in [0.05, 0.1) is 4.91 Å². The highest BCUT2D eigenvalue weighted by molar-refractivity contribution is 8.04. The molecule has 2 heterocycles. The predicted octanol–water partition coefficient (Wildman–Crippen LogP) is 5.40. The van der Waals surface area contributed by atoms with E-state index < -0.39 is 0 Å². The molecule has 2 aromatic rings. The molecule has 0 unspecified atom stereocenters. The number of carbonyl (C=O) groups excluding carboxylic acids is 1. The summed E-state index contributed by atoms with van der Waals surface area (Å²) in [6.45, 7) is 4.94. The molecule has 1 saturated carbocycles. The van der Waals surface area contributed by atoms with Crippen LogP contribution in [0.2, 0.25) is 10.0 Å². The molecule has 3 aliphatic rings. The fourth-order valence-electron chi connectivity index (χ4n) is 4.39. The fourth-order valence-corrected chi connectivity index (χ4v) is 5.85. The van der Waals surface area contributed by atoms with Crippen molar-refractivity contribution in [1.29, 1.82) is 0 Å². The van der Waals surface area contributed by atoms with Crippen molar-refractivity contribution in [3.63, 3.8) is 0 Å². The topological polar surface area (TPSA) is 26.8 Å². The number of thioether (sulfide) groups is 1. The number of hydrogen-bond donors (Lipinski definition) is 0. The molecule has 2 aliphatic heterocycles. The van der Waals surface area contributed by atoms with Gasteiger partial charge in [0.1, 0.15) is 0 Å². The maximum Gasteiger partial charge on any atom is 0.264 e. The summed E-state index contributed by atoms with van der Waals surface area (Å²) >= 11 is 14.0. The Balaban J connectivity index is 1.38. The predicted molar refractivity (Wildman–Crippen MR) is 132 cm³/mol. The molecule has 7 heteroatoms. The van der Waals surface area contributed by atoms with Gasteiger partial charge in [-0.05, 0) is 48.7 Å². The van der Waals surface area contributed by atoms with E-state index in [0.29, 0.717) is 16.6 Å². The lowest BCUT2D eigenvalue weighted by molar-refractivity contribution is -0.114. The highest BCUT2D eigenvalue weighted by Gasteiger charge is 2.32. The van der Waals surface area contributed by atoms with Crippen LogP contribution in [-0.2, 0) is 4.79 Å². The smallest absolute Gasteiger partial charge is 0.264 e. The van der Waals surface area contributed by atoms with E-state index >= 15 is 0 Å². The summed E-state index contributed by atoms with van der Waals surface area (Å²) < 4.78 is 0. The van der Waals surface area contributed by atoms with Gasteiger partial charge < -0.3 is 9.80 Å². The molecule has 162 valence electrons. The van der Waals surface area contributed by atoms with Crippen molar-refractivity contribution in [2.45, 2.75) is 18.9 Å². The van der Waals surface area contributed by atoms with Gasteiger partial charge in [-0.15, -0.1) is 11.8 Å². The number of nitrogens with zero attached hydrogens (tertiary/aromatic N) is 3. The fraction of sp³-hybridized carbons (Fsp3) is 0.375. The summed E-state index contributed by atoms with van der Waals surface area (Å²) in [6, 6.07) is 14.5. The summed E-state index contributed by atoms with van der Waals surface area (Å²) in [5.74, 6) is 0.840. The summed E-state index contributed by atoms with van der Waals surface area (Å²) in [5.41, 5.74) is 3.06. The summed E-state index contributed by atoms with van der Waals surface area (Å²) in [5, 5.41) is 1.07. The highest BCUT2D eigenvalue weighted by atomic mass is 35.5. The lowest BCUT2D eigenvalue weighted by Gasteiger charge is -2.37. The molecule has 0 bridgehead atoms. The minimum Gasteiger partial charge on any atom is -0.368 e. The molecular weight excluding hydrogens is 449 g/mol. The van der Waals surface area contributed by atoms with Crippen LogP contribution in [0.4, 0.5) is 11.4 Å². The van der Waals surface area contributed by atoms with Crippen LogP contribution in [0.25, 0.3) is 6.08 Å². The molecule has 31 heavy (non-hydrogen) atoms. The number of carbonyl (C=O) groups is 1.